The zero-order valence-corrected chi connectivity index (χ0v) is 10.9. The van der Waals surface area contributed by atoms with Gasteiger partial charge in [-0.25, -0.2) is 9.50 Å². The van der Waals surface area contributed by atoms with E-state index in [1.807, 2.05) is 43.3 Å². The van der Waals surface area contributed by atoms with Gasteiger partial charge in [-0.1, -0.05) is 23.8 Å². The van der Waals surface area contributed by atoms with E-state index >= 15 is 0 Å². The zero-order valence-electron chi connectivity index (χ0n) is 10.9. The lowest BCUT2D eigenvalue weighted by Gasteiger charge is -2.04. The minimum absolute atomic E-state index is 0.0918. The van der Waals surface area contributed by atoms with Crippen molar-refractivity contribution < 1.29 is 9.90 Å². The molecule has 5 heteroatoms. The summed E-state index contributed by atoms with van der Waals surface area (Å²) in [4.78, 5) is 15.0. The Kier molecular flexibility index (Phi) is 2.95. The van der Waals surface area contributed by atoms with Crippen molar-refractivity contribution in [3.05, 3.63) is 53.9 Å². The monoisotopic (exact) mass is 267 g/mol. The summed E-state index contributed by atoms with van der Waals surface area (Å²) >= 11 is 0. The van der Waals surface area contributed by atoms with Crippen LogP contribution in [0.25, 0.3) is 16.9 Å². The second-order valence-electron chi connectivity index (χ2n) is 4.68. The molecule has 0 saturated carbocycles. The lowest BCUT2D eigenvalue weighted by molar-refractivity contribution is -0.136. The van der Waals surface area contributed by atoms with E-state index in [-0.39, 0.29) is 6.42 Å². The van der Waals surface area contributed by atoms with E-state index in [4.69, 9.17) is 5.11 Å². The smallest absolute Gasteiger partial charge is 0.309 e. The molecule has 0 unspecified atom stereocenters. The van der Waals surface area contributed by atoms with Gasteiger partial charge in [-0.05, 0) is 25.1 Å². The maximum atomic E-state index is 10.8. The predicted molar refractivity (Wildman–Crippen MR) is 74.5 cm³/mol. The molecule has 1 aromatic carbocycles. The van der Waals surface area contributed by atoms with Crippen molar-refractivity contribution in [2.45, 2.75) is 13.3 Å². The fourth-order valence-electron chi connectivity index (χ4n) is 2.15. The molecule has 3 aromatic rings. The van der Waals surface area contributed by atoms with Gasteiger partial charge in [-0.15, -0.1) is 0 Å². The van der Waals surface area contributed by atoms with Crippen LogP contribution in [0.2, 0.25) is 0 Å². The summed E-state index contributed by atoms with van der Waals surface area (Å²) in [6, 6.07) is 11.8. The molecule has 0 bridgehead atoms. The number of carbonyl (C=O) groups is 1. The van der Waals surface area contributed by atoms with Crippen LogP contribution in [0.3, 0.4) is 0 Å². The fourth-order valence-corrected chi connectivity index (χ4v) is 2.15. The Labute approximate surface area is 115 Å². The number of fused-ring (bicyclic) bond motifs is 1. The molecule has 2 heterocycles. The van der Waals surface area contributed by atoms with E-state index < -0.39 is 5.97 Å². The average Bonchev–Trinajstić information content (AvgIpc) is 2.80. The average molecular weight is 267 g/mol. The number of imidazole rings is 1. The second kappa shape index (κ2) is 4.77. The van der Waals surface area contributed by atoms with E-state index in [9.17, 15) is 4.79 Å². The van der Waals surface area contributed by atoms with Crippen LogP contribution >= 0.6 is 0 Å². The summed E-state index contributed by atoms with van der Waals surface area (Å²) in [7, 11) is 0. The van der Waals surface area contributed by atoms with Gasteiger partial charge >= 0.3 is 5.97 Å². The number of hydrogen-bond acceptors (Lipinski definition) is 3. The van der Waals surface area contributed by atoms with E-state index in [0.29, 0.717) is 11.3 Å². The molecule has 0 amide bonds. The number of hydrogen-bond donors (Lipinski definition) is 1. The van der Waals surface area contributed by atoms with Crippen molar-refractivity contribution in [1.82, 2.24) is 14.6 Å². The summed E-state index contributed by atoms with van der Waals surface area (Å²) in [5.41, 5.74) is 4.17. The van der Waals surface area contributed by atoms with Gasteiger partial charge in [-0.3, -0.25) is 4.79 Å². The van der Waals surface area contributed by atoms with Gasteiger partial charge in [0.15, 0.2) is 5.65 Å². The van der Waals surface area contributed by atoms with Gasteiger partial charge < -0.3 is 5.11 Å². The summed E-state index contributed by atoms with van der Waals surface area (Å²) < 4.78 is 1.59. The van der Waals surface area contributed by atoms with Crippen LogP contribution in [0.15, 0.2) is 42.6 Å². The van der Waals surface area contributed by atoms with Gasteiger partial charge in [0, 0.05) is 5.56 Å². The summed E-state index contributed by atoms with van der Waals surface area (Å²) in [6.45, 7) is 2.02. The van der Waals surface area contributed by atoms with Crippen LogP contribution in [0, 0.1) is 6.92 Å². The molecule has 2 aromatic heterocycles. The molecule has 0 aliphatic carbocycles. The van der Waals surface area contributed by atoms with Crippen molar-refractivity contribution >= 4 is 11.6 Å². The maximum Gasteiger partial charge on any atom is 0.309 e. The van der Waals surface area contributed by atoms with Crippen molar-refractivity contribution in [2.24, 2.45) is 0 Å². The summed E-state index contributed by atoms with van der Waals surface area (Å²) in [5, 5.41) is 13.4. The van der Waals surface area contributed by atoms with Gasteiger partial charge in [0.1, 0.15) is 0 Å². The molecule has 0 radical (unpaired) electrons. The van der Waals surface area contributed by atoms with Crippen LogP contribution in [0.5, 0.6) is 0 Å². The molecule has 0 atom stereocenters. The number of carboxylic acids is 1. The lowest BCUT2D eigenvalue weighted by atomic mass is 10.1. The van der Waals surface area contributed by atoms with Crippen LogP contribution < -0.4 is 0 Å². The molecule has 0 aliphatic heterocycles. The summed E-state index contributed by atoms with van der Waals surface area (Å²) in [5.74, 6) is -0.894. The minimum atomic E-state index is -0.894. The number of aliphatic carboxylic acids is 1. The van der Waals surface area contributed by atoms with Crippen LogP contribution in [0.4, 0.5) is 0 Å². The van der Waals surface area contributed by atoms with Gasteiger partial charge in [-0.2, -0.15) is 5.10 Å². The van der Waals surface area contributed by atoms with Crippen LogP contribution in [-0.2, 0) is 11.2 Å². The second-order valence-corrected chi connectivity index (χ2v) is 4.68. The number of nitrogens with zero attached hydrogens (tertiary/aromatic N) is 3. The maximum absolute atomic E-state index is 10.8. The van der Waals surface area contributed by atoms with Gasteiger partial charge in [0.2, 0.25) is 0 Å². The van der Waals surface area contributed by atoms with Gasteiger partial charge in [0.25, 0.3) is 0 Å². The van der Waals surface area contributed by atoms with Gasteiger partial charge in [0.05, 0.1) is 24.0 Å². The molecule has 100 valence electrons. The molecule has 20 heavy (non-hydrogen) atoms. The molecule has 5 nitrogen and oxygen atoms in total. The quantitative estimate of drug-likeness (QED) is 0.790. The third-order valence-electron chi connectivity index (χ3n) is 3.08. The standard InChI is InChI=1S/C15H13N3O2/c1-10-3-2-4-11(7-10)13-5-6-14-16-9-12(8-15(19)20)18(14)17-13/h2-7,9H,8H2,1H3,(H,19,20). The molecule has 0 saturated heterocycles. The van der Waals surface area contributed by atoms with Crippen molar-refractivity contribution in [3.63, 3.8) is 0 Å². The Morgan fingerprint density at radius 3 is 2.90 bits per heavy atom. The first kappa shape index (κ1) is 12.3. The van der Waals surface area contributed by atoms with Crippen LogP contribution in [-0.4, -0.2) is 25.7 Å². The van der Waals surface area contributed by atoms with Crippen molar-refractivity contribution in [2.75, 3.05) is 0 Å². The fraction of sp³-hybridized carbons (Fsp3) is 0.133. The Morgan fingerprint density at radius 1 is 1.30 bits per heavy atom. The molecular weight excluding hydrogens is 254 g/mol. The Bertz CT molecular complexity index is 793. The Morgan fingerprint density at radius 2 is 2.15 bits per heavy atom. The van der Waals surface area contributed by atoms with E-state index in [0.717, 1.165) is 16.8 Å². The molecule has 0 spiro atoms. The molecule has 0 aliphatic rings. The molecule has 0 fully saturated rings. The highest BCUT2D eigenvalue weighted by atomic mass is 16.4. The number of rotatable bonds is 3. The zero-order chi connectivity index (χ0) is 14.1. The minimum Gasteiger partial charge on any atom is -0.481 e. The van der Waals surface area contributed by atoms with Crippen molar-refractivity contribution in [1.29, 1.82) is 0 Å². The SMILES string of the molecule is Cc1cccc(-c2ccc3ncc(CC(=O)O)n3n2)c1. The first-order chi connectivity index (χ1) is 9.63. The Hall–Kier alpha value is -2.69. The third kappa shape index (κ3) is 2.25. The first-order valence-electron chi connectivity index (χ1n) is 6.26. The highest BCUT2D eigenvalue weighted by Crippen LogP contribution is 2.19. The summed E-state index contributed by atoms with van der Waals surface area (Å²) in [6.07, 6.45) is 1.46. The Balaban J connectivity index is 2.11. The number of aromatic nitrogens is 3. The number of aryl methyl sites for hydroxylation is 1. The normalized spacial score (nSPS) is 10.8. The predicted octanol–water partition coefficient (Wildman–Crippen LogP) is 2.33. The van der Waals surface area contributed by atoms with E-state index in [1.165, 1.54) is 0 Å². The van der Waals surface area contributed by atoms with E-state index in [1.54, 1.807) is 10.7 Å². The lowest BCUT2D eigenvalue weighted by Crippen LogP contribution is -2.05. The van der Waals surface area contributed by atoms with Crippen LogP contribution in [0.1, 0.15) is 11.3 Å². The molecule has 1 N–H and O–H groups in total. The van der Waals surface area contributed by atoms with Crippen molar-refractivity contribution in [3.8, 4) is 11.3 Å². The highest BCUT2D eigenvalue weighted by molar-refractivity contribution is 5.70. The third-order valence-corrected chi connectivity index (χ3v) is 3.08. The first-order valence-corrected chi connectivity index (χ1v) is 6.26. The number of benzene rings is 1. The van der Waals surface area contributed by atoms with E-state index in [2.05, 4.69) is 10.1 Å². The number of carboxylic acid groups (broad SMARTS) is 1. The largest absolute Gasteiger partial charge is 0.481 e. The highest BCUT2D eigenvalue weighted by Gasteiger charge is 2.10. The molecule has 3 rings (SSSR count). The molecular formula is C15H13N3O2. The topological polar surface area (TPSA) is 67.5 Å².